The van der Waals surface area contributed by atoms with Crippen LogP contribution in [-0.2, 0) is 14.2 Å². The van der Waals surface area contributed by atoms with Crippen molar-refractivity contribution in [3.05, 3.63) is 77.6 Å². The molecule has 0 spiro atoms. The first-order valence-electron chi connectivity index (χ1n) is 12.4. The molecule has 0 fully saturated rings. The van der Waals surface area contributed by atoms with Gasteiger partial charge in [0.1, 0.15) is 11.4 Å². The Bertz CT molecular complexity index is 886. The van der Waals surface area contributed by atoms with Gasteiger partial charge in [-0.3, -0.25) is 9.88 Å². The fourth-order valence-corrected chi connectivity index (χ4v) is 4.08. The van der Waals surface area contributed by atoms with E-state index in [0.717, 1.165) is 16.7 Å². The van der Waals surface area contributed by atoms with Crippen LogP contribution in [0.1, 0.15) is 66.0 Å². The summed E-state index contributed by atoms with van der Waals surface area (Å²) in [6.45, 7) is 16.2. The molecule has 36 heavy (non-hydrogen) atoms. The number of pyridine rings is 1. The SMILES string of the molecule is C=C/C=C/C/C(OC(C)(C)CC(O)OC(C)C)=C(C)\C(=C(/C)O)C(c1ccncc1)N(C)CCOC. The van der Waals surface area contributed by atoms with Crippen molar-refractivity contribution in [3.8, 4) is 0 Å². The molecule has 1 rings (SSSR count). The first kappa shape index (κ1) is 31.6. The fourth-order valence-electron chi connectivity index (χ4n) is 4.08. The van der Waals surface area contributed by atoms with E-state index in [2.05, 4.69) is 16.5 Å². The van der Waals surface area contributed by atoms with Crippen LogP contribution in [0.5, 0.6) is 0 Å². The van der Waals surface area contributed by atoms with Gasteiger partial charge in [-0.05, 0) is 71.9 Å². The molecule has 1 aromatic heterocycles. The summed E-state index contributed by atoms with van der Waals surface area (Å²) in [6.07, 6.45) is 8.76. The van der Waals surface area contributed by atoms with Crippen molar-refractivity contribution in [2.24, 2.45) is 0 Å². The molecule has 2 unspecified atom stereocenters. The zero-order chi connectivity index (χ0) is 27.3. The highest BCUT2D eigenvalue weighted by Gasteiger charge is 2.30. The smallest absolute Gasteiger partial charge is 0.158 e. The number of nitrogens with zero attached hydrogens (tertiary/aromatic N) is 2. The van der Waals surface area contributed by atoms with Crippen molar-refractivity contribution < 1.29 is 24.4 Å². The lowest BCUT2D eigenvalue weighted by Crippen LogP contribution is -2.33. The number of aromatic nitrogens is 1. The fraction of sp³-hybridized carbons (Fsp3) is 0.552. The van der Waals surface area contributed by atoms with Gasteiger partial charge >= 0.3 is 0 Å². The number of ether oxygens (including phenoxy) is 3. The van der Waals surface area contributed by atoms with Crippen LogP contribution in [0.15, 0.2) is 72.0 Å². The standard InChI is InChI=1S/C29H46N2O5/c1-10-11-12-13-25(36-29(6,7)20-26(33)35-21(2)3)22(4)27(23(5)32)28(31(8)18-19-34-9)24-14-16-30-17-15-24/h10-12,14-17,21,26,28,32-33H,1,13,18-20H2,2-9H3/b12-11+,25-22+,27-23-. The molecular weight excluding hydrogens is 456 g/mol. The quantitative estimate of drug-likeness (QED) is 0.166. The van der Waals surface area contributed by atoms with Gasteiger partial charge in [0.25, 0.3) is 0 Å². The highest BCUT2D eigenvalue weighted by atomic mass is 16.6. The largest absolute Gasteiger partial charge is 0.512 e. The van der Waals surface area contributed by atoms with Gasteiger partial charge in [-0.2, -0.15) is 0 Å². The minimum Gasteiger partial charge on any atom is -0.512 e. The summed E-state index contributed by atoms with van der Waals surface area (Å²) in [5.74, 6) is 0.894. The summed E-state index contributed by atoms with van der Waals surface area (Å²) in [4.78, 5) is 6.31. The molecule has 7 heteroatoms. The number of methoxy groups -OCH3 is 1. The average Bonchev–Trinajstić information content (AvgIpc) is 2.79. The first-order chi connectivity index (χ1) is 16.9. The number of aliphatic hydroxyl groups excluding tert-OH is 2. The molecule has 0 radical (unpaired) electrons. The number of aliphatic hydroxyl groups is 2. The van der Waals surface area contributed by atoms with Crippen molar-refractivity contribution in [2.75, 3.05) is 27.3 Å². The monoisotopic (exact) mass is 502 g/mol. The number of allylic oxidation sites excluding steroid dienone is 4. The Morgan fingerprint density at radius 3 is 2.39 bits per heavy atom. The zero-order valence-corrected chi connectivity index (χ0v) is 23.3. The molecule has 7 nitrogen and oxygen atoms in total. The van der Waals surface area contributed by atoms with Crippen LogP contribution in [0.25, 0.3) is 0 Å². The second kappa shape index (κ2) is 15.6. The van der Waals surface area contributed by atoms with Gasteiger partial charge in [-0.1, -0.05) is 24.8 Å². The van der Waals surface area contributed by atoms with Gasteiger partial charge in [0.2, 0.25) is 0 Å². The second-order valence-electron chi connectivity index (χ2n) is 9.78. The van der Waals surface area contributed by atoms with E-state index in [-0.39, 0.29) is 24.3 Å². The van der Waals surface area contributed by atoms with Crippen molar-refractivity contribution in [1.82, 2.24) is 9.88 Å². The maximum Gasteiger partial charge on any atom is 0.158 e. The average molecular weight is 503 g/mol. The van der Waals surface area contributed by atoms with E-state index in [1.54, 1.807) is 32.5 Å². The van der Waals surface area contributed by atoms with E-state index in [0.29, 0.717) is 25.3 Å². The van der Waals surface area contributed by atoms with Gasteiger partial charge in [0.15, 0.2) is 6.29 Å². The highest BCUT2D eigenvalue weighted by molar-refractivity contribution is 5.42. The van der Waals surface area contributed by atoms with Crippen LogP contribution in [0.4, 0.5) is 0 Å². The first-order valence-corrected chi connectivity index (χ1v) is 12.4. The van der Waals surface area contributed by atoms with E-state index >= 15 is 0 Å². The predicted molar refractivity (Wildman–Crippen MR) is 145 cm³/mol. The minimum absolute atomic E-state index is 0.0987. The Labute approximate surface area is 217 Å². The Kier molecular flexibility index (Phi) is 13.7. The van der Waals surface area contributed by atoms with E-state index in [4.69, 9.17) is 14.2 Å². The van der Waals surface area contributed by atoms with Crippen LogP contribution >= 0.6 is 0 Å². The van der Waals surface area contributed by atoms with Crippen LogP contribution in [0.2, 0.25) is 0 Å². The normalized spacial score (nSPS) is 15.6. The molecule has 2 N–H and O–H groups in total. The Morgan fingerprint density at radius 1 is 1.22 bits per heavy atom. The van der Waals surface area contributed by atoms with E-state index in [1.807, 2.05) is 66.0 Å². The third-order valence-corrected chi connectivity index (χ3v) is 5.67. The molecule has 2 atom stereocenters. The Morgan fingerprint density at radius 2 is 1.86 bits per heavy atom. The minimum atomic E-state index is -0.954. The van der Waals surface area contributed by atoms with Crippen LogP contribution in [0, 0.1) is 0 Å². The molecule has 0 saturated carbocycles. The molecule has 0 amide bonds. The lowest BCUT2D eigenvalue weighted by atomic mass is 9.90. The van der Waals surface area contributed by atoms with Gasteiger partial charge in [-0.25, -0.2) is 0 Å². The van der Waals surface area contributed by atoms with Crippen LogP contribution < -0.4 is 0 Å². The van der Waals surface area contributed by atoms with E-state index in [9.17, 15) is 10.2 Å². The third kappa shape index (κ3) is 10.7. The summed E-state index contributed by atoms with van der Waals surface area (Å²) in [6, 6.07) is 3.64. The molecular formula is C29H46N2O5. The van der Waals surface area contributed by atoms with Gasteiger partial charge in [-0.15, -0.1) is 0 Å². The Hall–Kier alpha value is -2.45. The van der Waals surface area contributed by atoms with Crippen molar-refractivity contribution >= 4 is 0 Å². The van der Waals surface area contributed by atoms with Crippen LogP contribution in [-0.4, -0.2) is 65.4 Å². The number of hydrogen-bond acceptors (Lipinski definition) is 7. The molecule has 1 heterocycles. The lowest BCUT2D eigenvalue weighted by Gasteiger charge is -2.34. The highest BCUT2D eigenvalue weighted by Crippen LogP contribution is 2.37. The maximum atomic E-state index is 11.0. The number of rotatable bonds is 16. The van der Waals surface area contributed by atoms with Crippen molar-refractivity contribution in [1.29, 1.82) is 0 Å². The lowest BCUT2D eigenvalue weighted by molar-refractivity contribution is -0.157. The summed E-state index contributed by atoms with van der Waals surface area (Å²) < 4.78 is 17.4. The van der Waals surface area contributed by atoms with Gasteiger partial charge in [0, 0.05) is 44.5 Å². The molecule has 0 aliphatic rings. The molecule has 1 aromatic rings. The van der Waals surface area contributed by atoms with E-state index < -0.39 is 11.9 Å². The predicted octanol–water partition coefficient (Wildman–Crippen LogP) is 5.87. The van der Waals surface area contributed by atoms with Crippen molar-refractivity contribution in [2.45, 2.75) is 78.4 Å². The summed E-state index contributed by atoms with van der Waals surface area (Å²) in [5, 5.41) is 21.4. The van der Waals surface area contributed by atoms with Crippen LogP contribution in [0.3, 0.4) is 0 Å². The van der Waals surface area contributed by atoms with Gasteiger partial charge < -0.3 is 24.4 Å². The summed E-state index contributed by atoms with van der Waals surface area (Å²) in [7, 11) is 3.67. The molecule has 0 aromatic carbocycles. The maximum absolute atomic E-state index is 11.0. The molecule has 202 valence electrons. The number of hydrogen-bond donors (Lipinski definition) is 2. The van der Waals surface area contributed by atoms with E-state index in [1.165, 1.54) is 0 Å². The number of likely N-dealkylation sites (N-methyl/N-ethyl adjacent to an activating group) is 1. The zero-order valence-electron chi connectivity index (χ0n) is 23.3. The second-order valence-corrected chi connectivity index (χ2v) is 9.78. The molecule has 0 bridgehead atoms. The third-order valence-electron chi connectivity index (χ3n) is 5.67. The van der Waals surface area contributed by atoms with Gasteiger partial charge in [0.05, 0.1) is 24.5 Å². The molecule has 0 aliphatic carbocycles. The Balaban J connectivity index is 3.57. The molecule has 0 saturated heterocycles. The molecule has 0 aliphatic heterocycles. The summed E-state index contributed by atoms with van der Waals surface area (Å²) in [5.41, 5.74) is 1.83. The summed E-state index contributed by atoms with van der Waals surface area (Å²) >= 11 is 0. The topological polar surface area (TPSA) is 84.3 Å². The van der Waals surface area contributed by atoms with Crippen molar-refractivity contribution in [3.63, 3.8) is 0 Å².